The third-order valence-corrected chi connectivity index (χ3v) is 4.75. The van der Waals surface area contributed by atoms with E-state index in [1.54, 1.807) is 18.2 Å². The first kappa shape index (κ1) is 17.1. The van der Waals surface area contributed by atoms with E-state index in [4.69, 9.17) is 4.52 Å². The van der Waals surface area contributed by atoms with Crippen LogP contribution < -0.4 is 0 Å². The van der Waals surface area contributed by atoms with Crippen LogP contribution in [-0.2, 0) is 13.1 Å². The minimum absolute atomic E-state index is 0.417. The molecule has 3 aromatic rings. The van der Waals surface area contributed by atoms with Gasteiger partial charge in [0.1, 0.15) is 5.82 Å². The highest BCUT2D eigenvalue weighted by Crippen LogP contribution is 2.24. The highest BCUT2D eigenvalue weighted by atomic mass is 19.3. The Morgan fingerprint density at radius 2 is 1.77 bits per heavy atom. The van der Waals surface area contributed by atoms with Gasteiger partial charge in [-0.3, -0.25) is 14.4 Å². The number of imidazole rings is 1. The Labute approximate surface area is 150 Å². The van der Waals surface area contributed by atoms with Crippen LogP contribution in [0.15, 0.2) is 34.9 Å². The molecule has 26 heavy (non-hydrogen) atoms. The van der Waals surface area contributed by atoms with Crippen LogP contribution in [0.1, 0.15) is 23.8 Å². The number of rotatable bonds is 5. The topological polar surface area (TPSA) is 50.3 Å². The monoisotopic (exact) mass is 361 g/mol. The lowest BCUT2D eigenvalue weighted by Gasteiger charge is -2.33. The summed E-state index contributed by atoms with van der Waals surface area (Å²) >= 11 is 0. The zero-order chi connectivity index (χ0) is 18.1. The molecular formula is C18H21F2N5O. The number of para-hydroxylation sites is 2. The Balaban J connectivity index is 1.41. The van der Waals surface area contributed by atoms with Gasteiger partial charge in [-0.1, -0.05) is 17.3 Å². The predicted molar refractivity (Wildman–Crippen MR) is 92.8 cm³/mol. The summed E-state index contributed by atoms with van der Waals surface area (Å²) in [5, 5.41) is 3.91. The van der Waals surface area contributed by atoms with E-state index in [1.807, 2.05) is 19.1 Å². The van der Waals surface area contributed by atoms with Crippen molar-refractivity contribution >= 4 is 11.0 Å². The van der Waals surface area contributed by atoms with Crippen LogP contribution in [0, 0.1) is 6.92 Å². The molecule has 0 saturated carbocycles. The third kappa shape index (κ3) is 3.47. The number of aryl methyl sites for hydroxylation is 1. The maximum absolute atomic E-state index is 13.5. The minimum atomic E-state index is -2.59. The van der Waals surface area contributed by atoms with Crippen molar-refractivity contribution < 1.29 is 13.3 Å². The molecule has 1 aliphatic rings. The number of benzene rings is 1. The van der Waals surface area contributed by atoms with Crippen molar-refractivity contribution in [2.45, 2.75) is 26.6 Å². The van der Waals surface area contributed by atoms with Gasteiger partial charge in [0, 0.05) is 32.2 Å². The average Bonchev–Trinajstić information content (AvgIpc) is 3.19. The van der Waals surface area contributed by atoms with Crippen molar-refractivity contribution in [3.8, 4) is 0 Å². The van der Waals surface area contributed by atoms with Crippen molar-refractivity contribution in [1.82, 2.24) is 24.5 Å². The van der Waals surface area contributed by atoms with Gasteiger partial charge in [-0.25, -0.2) is 4.98 Å². The molecule has 0 unspecified atom stereocenters. The summed E-state index contributed by atoms with van der Waals surface area (Å²) < 4.78 is 33.4. The maximum atomic E-state index is 13.5. The Kier molecular flexibility index (Phi) is 4.69. The first-order valence-corrected chi connectivity index (χ1v) is 8.71. The first-order chi connectivity index (χ1) is 12.6. The van der Waals surface area contributed by atoms with Crippen molar-refractivity contribution in [1.29, 1.82) is 0 Å². The molecule has 0 N–H and O–H groups in total. The number of halogens is 2. The van der Waals surface area contributed by atoms with Gasteiger partial charge in [0.25, 0.3) is 0 Å². The summed E-state index contributed by atoms with van der Waals surface area (Å²) in [5.74, 6) is 1.27. The molecule has 0 radical (unpaired) electrons. The van der Waals surface area contributed by atoms with Gasteiger partial charge < -0.3 is 4.52 Å². The van der Waals surface area contributed by atoms with Gasteiger partial charge in [0.15, 0.2) is 5.76 Å². The molecule has 2 aromatic heterocycles. The lowest BCUT2D eigenvalue weighted by atomic mass is 10.3. The molecule has 138 valence electrons. The molecule has 6 nitrogen and oxygen atoms in total. The van der Waals surface area contributed by atoms with E-state index in [1.165, 1.54) is 0 Å². The van der Waals surface area contributed by atoms with Gasteiger partial charge in [0.2, 0.25) is 0 Å². The van der Waals surface area contributed by atoms with Crippen molar-refractivity contribution in [2.24, 2.45) is 0 Å². The summed E-state index contributed by atoms with van der Waals surface area (Å²) in [6.45, 7) is 3.79. The van der Waals surface area contributed by atoms with Gasteiger partial charge >= 0.3 is 6.55 Å². The SMILES string of the molecule is Cc1cc(CN2CCN(Cc3nc4ccccc4n3C(F)F)CC2)on1. The molecule has 0 aliphatic carbocycles. The number of piperazine rings is 1. The van der Waals surface area contributed by atoms with Crippen LogP contribution in [0.25, 0.3) is 11.0 Å². The summed E-state index contributed by atoms with van der Waals surface area (Å²) in [7, 11) is 0. The lowest BCUT2D eigenvalue weighted by Crippen LogP contribution is -2.45. The summed E-state index contributed by atoms with van der Waals surface area (Å²) in [6, 6.07) is 8.98. The molecule has 1 fully saturated rings. The molecule has 0 atom stereocenters. The van der Waals surface area contributed by atoms with Crippen molar-refractivity contribution in [3.63, 3.8) is 0 Å². The Bertz CT molecular complexity index is 883. The second-order valence-electron chi connectivity index (χ2n) is 6.65. The van der Waals surface area contributed by atoms with Crippen LogP contribution in [0.3, 0.4) is 0 Å². The molecule has 0 bridgehead atoms. The zero-order valence-corrected chi connectivity index (χ0v) is 14.6. The second-order valence-corrected chi connectivity index (χ2v) is 6.65. The predicted octanol–water partition coefficient (Wildman–Crippen LogP) is 3.05. The standard InChI is InChI=1S/C18H21F2N5O/c1-13-10-14(26-22-13)11-23-6-8-24(9-7-23)12-17-21-15-4-2-3-5-16(15)25(17)18(19)20/h2-5,10,18H,6-9,11-12H2,1H3. The molecular weight excluding hydrogens is 340 g/mol. The van der Waals surface area contributed by atoms with E-state index in [0.29, 0.717) is 23.4 Å². The van der Waals surface area contributed by atoms with Crippen LogP contribution in [-0.4, -0.2) is 50.7 Å². The maximum Gasteiger partial charge on any atom is 0.320 e. The van der Waals surface area contributed by atoms with Crippen LogP contribution in [0.5, 0.6) is 0 Å². The Morgan fingerprint density at radius 3 is 2.42 bits per heavy atom. The van der Waals surface area contributed by atoms with E-state index in [0.717, 1.165) is 48.7 Å². The number of hydrogen-bond donors (Lipinski definition) is 0. The minimum Gasteiger partial charge on any atom is -0.360 e. The van der Waals surface area contributed by atoms with E-state index in [2.05, 4.69) is 19.9 Å². The molecule has 1 aromatic carbocycles. The zero-order valence-electron chi connectivity index (χ0n) is 14.6. The lowest BCUT2D eigenvalue weighted by molar-refractivity contribution is 0.0638. The van der Waals surface area contributed by atoms with Gasteiger partial charge in [0.05, 0.1) is 29.8 Å². The third-order valence-electron chi connectivity index (χ3n) is 4.75. The number of hydrogen-bond acceptors (Lipinski definition) is 5. The first-order valence-electron chi connectivity index (χ1n) is 8.71. The van der Waals surface area contributed by atoms with Gasteiger partial charge in [-0.15, -0.1) is 0 Å². The van der Waals surface area contributed by atoms with E-state index < -0.39 is 6.55 Å². The Morgan fingerprint density at radius 1 is 1.08 bits per heavy atom. The van der Waals surface area contributed by atoms with Crippen LogP contribution in [0.2, 0.25) is 0 Å². The highest BCUT2D eigenvalue weighted by molar-refractivity contribution is 5.75. The summed E-state index contributed by atoms with van der Waals surface area (Å²) in [5.41, 5.74) is 1.98. The summed E-state index contributed by atoms with van der Waals surface area (Å²) in [6.07, 6.45) is 0. The molecule has 0 amide bonds. The number of fused-ring (bicyclic) bond motifs is 1. The number of aromatic nitrogens is 3. The van der Waals surface area contributed by atoms with Crippen LogP contribution in [0.4, 0.5) is 8.78 Å². The smallest absolute Gasteiger partial charge is 0.320 e. The molecule has 3 heterocycles. The number of nitrogens with zero attached hydrogens (tertiary/aromatic N) is 5. The van der Waals surface area contributed by atoms with Crippen LogP contribution >= 0.6 is 0 Å². The fraction of sp³-hybridized carbons (Fsp3) is 0.444. The van der Waals surface area contributed by atoms with Crippen molar-refractivity contribution in [2.75, 3.05) is 26.2 Å². The molecule has 1 aliphatic heterocycles. The quantitative estimate of drug-likeness (QED) is 0.699. The molecule has 1 saturated heterocycles. The molecule has 4 rings (SSSR count). The number of alkyl halides is 2. The highest BCUT2D eigenvalue weighted by Gasteiger charge is 2.23. The molecule has 0 spiro atoms. The van der Waals surface area contributed by atoms with E-state index >= 15 is 0 Å². The Hall–Kier alpha value is -2.32. The van der Waals surface area contributed by atoms with Gasteiger partial charge in [-0.05, 0) is 19.1 Å². The van der Waals surface area contributed by atoms with Gasteiger partial charge in [-0.2, -0.15) is 8.78 Å². The fourth-order valence-electron chi connectivity index (χ4n) is 3.44. The second kappa shape index (κ2) is 7.13. The van der Waals surface area contributed by atoms with E-state index in [-0.39, 0.29) is 0 Å². The average molecular weight is 361 g/mol. The van der Waals surface area contributed by atoms with Crippen molar-refractivity contribution in [3.05, 3.63) is 47.6 Å². The largest absolute Gasteiger partial charge is 0.360 e. The molecule has 8 heteroatoms. The normalized spacial score (nSPS) is 16.8. The summed E-state index contributed by atoms with van der Waals surface area (Å²) in [4.78, 5) is 8.88. The van der Waals surface area contributed by atoms with E-state index in [9.17, 15) is 8.78 Å². The fourth-order valence-corrected chi connectivity index (χ4v) is 3.44.